The Labute approximate surface area is 134 Å². The van der Waals surface area contributed by atoms with Crippen LogP contribution in [0.5, 0.6) is 0 Å². The summed E-state index contributed by atoms with van der Waals surface area (Å²) < 4.78 is 0. The first-order valence-corrected chi connectivity index (χ1v) is 7.94. The van der Waals surface area contributed by atoms with Gasteiger partial charge in [0.25, 0.3) is 11.8 Å². The van der Waals surface area contributed by atoms with Gasteiger partial charge in [-0.05, 0) is 30.4 Å². The third kappa shape index (κ3) is 2.86. The lowest BCUT2D eigenvalue weighted by Gasteiger charge is -2.38. The summed E-state index contributed by atoms with van der Waals surface area (Å²) in [6.07, 6.45) is 4.67. The molecule has 1 heterocycles. The second-order valence-electron chi connectivity index (χ2n) is 6.51. The standard InChI is InChI=1S/C17H20N2O4/c20-14(18-23)10-17(8-4-1-5-9-17)11-19-15(21)12-6-2-3-7-13(12)16(19)22/h2-3,6-7,23H,1,4-5,8-11H2,(H,18,20). The van der Waals surface area contributed by atoms with Gasteiger partial charge < -0.3 is 0 Å². The quantitative estimate of drug-likeness (QED) is 0.506. The largest absolute Gasteiger partial charge is 0.289 e. The van der Waals surface area contributed by atoms with Gasteiger partial charge in [0, 0.05) is 13.0 Å². The highest BCUT2D eigenvalue weighted by atomic mass is 16.5. The molecule has 0 radical (unpaired) electrons. The smallest absolute Gasteiger partial charge is 0.261 e. The van der Waals surface area contributed by atoms with Crippen molar-refractivity contribution in [3.05, 3.63) is 35.4 Å². The van der Waals surface area contributed by atoms with E-state index in [0.717, 1.165) is 32.1 Å². The summed E-state index contributed by atoms with van der Waals surface area (Å²) in [7, 11) is 0. The van der Waals surface area contributed by atoms with Crippen molar-refractivity contribution in [3.63, 3.8) is 0 Å². The zero-order chi connectivity index (χ0) is 16.4. The van der Waals surface area contributed by atoms with E-state index in [0.29, 0.717) is 11.1 Å². The molecule has 1 aliphatic heterocycles. The number of imide groups is 1. The maximum atomic E-state index is 12.5. The van der Waals surface area contributed by atoms with Gasteiger partial charge >= 0.3 is 0 Å². The van der Waals surface area contributed by atoms with Crippen molar-refractivity contribution >= 4 is 17.7 Å². The summed E-state index contributed by atoms with van der Waals surface area (Å²) in [4.78, 5) is 38.0. The van der Waals surface area contributed by atoms with Crippen molar-refractivity contribution < 1.29 is 19.6 Å². The van der Waals surface area contributed by atoms with Crippen LogP contribution in [0.15, 0.2) is 24.3 Å². The highest BCUT2D eigenvalue weighted by Crippen LogP contribution is 2.41. The lowest BCUT2D eigenvalue weighted by Crippen LogP contribution is -2.44. The Kier molecular flexibility index (Phi) is 4.17. The fraction of sp³-hybridized carbons (Fsp3) is 0.471. The van der Waals surface area contributed by atoms with Crippen LogP contribution < -0.4 is 5.48 Å². The number of fused-ring (bicyclic) bond motifs is 1. The minimum atomic E-state index is -0.469. The molecule has 0 saturated heterocycles. The van der Waals surface area contributed by atoms with Crippen LogP contribution >= 0.6 is 0 Å². The van der Waals surface area contributed by atoms with Crippen molar-refractivity contribution in [3.8, 4) is 0 Å². The number of hydroxylamine groups is 1. The molecule has 0 spiro atoms. The van der Waals surface area contributed by atoms with Crippen molar-refractivity contribution in [2.75, 3.05) is 6.54 Å². The normalized spacial score (nSPS) is 19.6. The molecule has 3 amide bonds. The summed E-state index contributed by atoms with van der Waals surface area (Å²) in [6.45, 7) is 0.229. The Bertz CT molecular complexity index is 615. The number of amides is 3. The van der Waals surface area contributed by atoms with Crippen molar-refractivity contribution in [2.45, 2.75) is 38.5 Å². The lowest BCUT2D eigenvalue weighted by atomic mass is 9.71. The predicted molar refractivity (Wildman–Crippen MR) is 81.9 cm³/mol. The molecule has 1 aromatic rings. The molecule has 1 aromatic carbocycles. The van der Waals surface area contributed by atoms with Crippen LogP contribution in [-0.2, 0) is 4.79 Å². The third-order valence-corrected chi connectivity index (χ3v) is 4.95. The number of benzene rings is 1. The van der Waals surface area contributed by atoms with Gasteiger partial charge in [-0.3, -0.25) is 24.5 Å². The minimum absolute atomic E-state index is 0.122. The Morgan fingerprint density at radius 1 is 1.09 bits per heavy atom. The van der Waals surface area contributed by atoms with Gasteiger partial charge in [0.05, 0.1) is 11.1 Å². The average Bonchev–Trinajstić information content (AvgIpc) is 2.81. The molecule has 1 aliphatic carbocycles. The molecule has 6 heteroatoms. The van der Waals surface area contributed by atoms with Gasteiger partial charge in [-0.2, -0.15) is 0 Å². The number of hydrogen-bond donors (Lipinski definition) is 2. The van der Waals surface area contributed by atoms with Gasteiger partial charge in [-0.15, -0.1) is 0 Å². The maximum absolute atomic E-state index is 12.5. The summed E-state index contributed by atoms with van der Waals surface area (Å²) in [6, 6.07) is 6.79. The molecule has 0 atom stereocenters. The Morgan fingerprint density at radius 2 is 1.65 bits per heavy atom. The third-order valence-electron chi connectivity index (χ3n) is 4.95. The van der Waals surface area contributed by atoms with Crippen LogP contribution in [0.2, 0.25) is 0 Å². The maximum Gasteiger partial charge on any atom is 0.261 e. The molecule has 1 fully saturated rings. The van der Waals surface area contributed by atoms with E-state index in [1.54, 1.807) is 29.7 Å². The first-order chi connectivity index (χ1) is 11.1. The van der Waals surface area contributed by atoms with Gasteiger partial charge in [0.15, 0.2) is 0 Å². The molecule has 2 aliphatic rings. The van der Waals surface area contributed by atoms with E-state index in [9.17, 15) is 14.4 Å². The van der Waals surface area contributed by atoms with E-state index >= 15 is 0 Å². The van der Waals surface area contributed by atoms with Crippen LogP contribution in [0.1, 0.15) is 59.2 Å². The number of hydrogen-bond acceptors (Lipinski definition) is 4. The van der Waals surface area contributed by atoms with E-state index in [1.165, 1.54) is 4.90 Å². The Balaban J connectivity index is 1.85. The highest BCUT2D eigenvalue weighted by molar-refractivity contribution is 6.21. The van der Waals surface area contributed by atoms with E-state index < -0.39 is 11.3 Å². The summed E-state index contributed by atoms with van der Waals surface area (Å²) in [5.41, 5.74) is 2.08. The number of carbonyl (C=O) groups is 3. The lowest BCUT2D eigenvalue weighted by molar-refractivity contribution is -0.132. The second kappa shape index (κ2) is 6.12. The fourth-order valence-corrected chi connectivity index (χ4v) is 3.79. The SMILES string of the molecule is O=C(CC1(CN2C(=O)c3ccccc3C2=O)CCCCC1)NO. The van der Waals surface area contributed by atoms with Crippen molar-refractivity contribution in [1.82, 2.24) is 10.4 Å². The molecule has 2 N–H and O–H groups in total. The molecule has 3 rings (SSSR count). The summed E-state index contributed by atoms with van der Waals surface area (Å²) in [5, 5.41) is 8.84. The molecular formula is C17H20N2O4. The molecular weight excluding hydrogens is 296 g/mol. The van der Waals surface area contributed by atoms with Gasteiger partial charge in [0.1, 0.15) is 0 Å². The van der Waals surface area contributed by atoms with E-state index in [-0.39, 0.29) is 24.8 Å². The van der Waals surface area contributed by atoms with E-state index in [4.69, 9.17) is 5.21 Å². The van der Waals surface area contributed by atoms with Gasteiger partial charge in [-0.25, -0.2) is 5.48 Å². The number of rotatable bonds is 4. The second-order valence-corrected chi connectivity index (χ2v) is 6.51. The molecule has 6 nitrogen and oxygen atoms in total. The topological polar surface area (TPSA) is 86.7 Å². The number of nitrogens with zero attached hydrogens (tertiary/aromatic N) is 1. The molecule has 0 bridgehead atoms. The average molecular weight is 316 g/mol. The summed E-state index contributed by atoms with van der Waals surface area (Å²) in [5.74, 6) is -1.05. The summed E-state index contributed by atoms with van der Waals surface area (Å²) >= 11 is 0. The molecule has 0 aromatic heterocycles. The zero-order valence-corrected chi connectivity index (χ0v) is 12.9. The van der Waals surface area contributed by atoms with Gasteiger partial charge in [-0.1, -0.05) is 31.4 Å². The molecule has 1 saturated carbocycles. The minimum Gasteiger partial charge on any atom is -0.289 e. The highest BCUT2D eigenvalue weighted by Gasteiger charge is 2.43. The van der Waals surface area contributed by atoms with Crippen molar-refractivity contribution in [2.24, 2.45) is 5.41 Å². The van der Waals surface area contributed by atoms with E-state index in [2.05, 4.69) is 0 Å². The van der Waals surface area contributed by atoms with Gasteiger partial charge in [0.2, 0.25) is 5.91 Å². The molecule has 122 valence electrons. The first-order valence-electron chi connectivity index (χ1n) is 7.94. The fourth-order valence-electron chi connectivity index (χ4n) is 3.79. The van der Waals surface area contributed by atoms with Crippen LogP contribution in [-0.4, -0.2) is 34.4 Å². The monoisotopic (exact) mass is 316 g/mol. The number of carbonyl (C=O) groups excluding carboxylic acids is 3. The van der Waals surface area contributed by atoms with Crippen LogP contribution in [0.3, 0.4) is 0 Å². The Morgan fingerprint density at radius 3 is 2.17 bits per heavy atom. The zero-order valence-electron chi connectivity index (χ0n) is 12.9. The van der Waals surface area contributed by atoms with Crippen molar-refractivity contribution in [1.29, 1.82) is 0 Å². The van der Waals surface area contributed by atoms with Crippen LogP contribution in [0.25, 0.3) is 0 Å². The van der Waals surface area contributed by atoms with Crippen LogP contribution in [0, 0.1) is 5.41 Å². The van der Waals surface area contributed by atoms with E-state index in [1.807, 2.05) is 0 Å². The Hall–Kier alpha value is -2.21. The molecule has 0 unspecified atom stereocenters. The van der Waals surface area contributed by atoms with Crippen LogP contribution in [0.4, 0.5) is 0 Å². The predicted octanol–water partition coefficient (Wildman–Crippen LogP) is 2.13. The first kappa shape index (κ1) is 15.7. The molecule has 23 heavy (non-hydrogen) atoms. The number of nitrogens with one attached hydrogen (secondary N) is 1.